The molecule has 0 aromatic heterocycles. The Balaban J connectivity index is 1.59. The molecule has 26 heavy (non-hydrogen) atoms. The van der Waals surface area contributed by atoms with Gasteiger partial charge in [0.15, 0.2) is 23.8 Å². The minimum absolute atomic E-state index is 0.274. The van der Waals surface area contributed by atoms with Crippen LogP contribution in [0.25, 0.3) is 10.8 Å². The molecule has 4 aliphatic rings. The summed E-state index contributed by atoms with van der Waals surface area (Å²) in [6.07, 6.45) is -1.41. The molecule has 0 unspecified atom stereocenters. The van der Waals surface area contributed by atoms with Crippen molar-refractivity contribution in [3.8, 4) is 11.5 Å². The monoisotopic (exact) mass is 356 g/mol. The third-order valence-electron chi connectivity index (χ3n) is 5.36. The molecule has 2 aromatic rings. The van der Waals surface area contributed by atoms with Gasteiger partial charge >= 0.3 is 0 Å². The first-order chi connectivity index (χ1) is 12.3. The fraction of sp³-hybridized carbons (Fsp3) is 0.500. The van der Waals surface area contributed by atoms with E-state index in [1.165, 1.54) is 0 Å². The van der Waals surface area contributed by atoms with Crippen LogP contribution in [-0.2, 0) is 18.9 Å². The average Bonchev–Trinajstić information content (AvgIpc) is 3.20. The van der Waals surface area contributed by atoms with Crippen LogP contribution in [-0.4, -0.2) is 24.2 Å². The van der Waals surface area contributed by atoms with Gasteiger partial charge in [-0.2, -0.15) is 0 Å². The molecule has 2 saturated heterocycles. The molecule has 4 aliphatic heterocycles. The van der Waals surface area contributed by atoms with E-state index in [0.717, 1.165) is 33.4 Å². The van der Waals surface area contributed by atoms with Crippen molar-refractivity contribution in [1.29, 1.82) is 0 Å². The van der Waals surface area contributed by atoms with Gasteiger partial charge in [-0.05, 0) is 45.2 Å². The van der Waals surface area contributed by atoms with E-state index < -0.39 is 24.2 Å². The molecule has 6 nitrogen and oxygen atoms in total. The van der Waals surface area contributed by atoms with Crippen LogP contribution in [0, 0.1) is 0 Å². The number of rotatable bonds is 0. The van der Waals surface area contributed by atoms with Crippen LogP contribution in [0.15, 0.2) is 24.3 Å². The first kappa shape index (κ1) is 15.2. The van der Waals surface area contributed by atoms with E-state index >= 15 is 0 Å². The first-order valence-corrected chi connectivity index (χ1v) is 8.95. The predicted molar refractivity (Wildman–Crippen MR) is 90.8 cm³/mol. The number of benzene rings is 2. The molecule has 136 valence electrons. The molecule has 4 heterocycles. The van der Waals surface area contributed by atoms with Crippen molar-refractivity contribution < 1.29 is 28.4 Å². The molecular weight excluding hydrogens is 336 g/mol. The van der Waals surface area contributed by atoms with Crippen LogP contribution in [0.3, 0.4) is 0 Å². The maximum Gasteiger partial charge on any atom is 0.233 e. The van der Waals surface area contributed by atoms with E-state index in [1.54, 1.807) is 0 Å². The lowest BCUT2D eigenvalue weighted by Gasteiger charge is -2.21. The van der Waals surface area contributed by atoms with Gasteiger partial charge in [0, 0.05) is 16.5 Å². The molecule has 0 spiro atoms. The second-order valence-corrected chi connectivity index (χ2v) is 8.14. The second-order valence-electron chi connectivity index (χ2n) is 8.14. The van der Waals surface area contributed by atoms with Gasteiger partial charge in [0.25, 0.3) is 0 Å². The Morgan fingerprint density at radius 3 is 1.58 bits per heavy atom. The van der Waals surface area contributed by atoms with Gasteiger partial charge in [0.1, 0.15) is 11.5 Å². The molecule has 2 aromatic carbocycles. The lowest BCUT2D eigenvalue weighted by Crippen LogP contribution is -2.23. The zero-order valence-electron chi connectivity index (χ0n) is 15.1. The summed E-state index contributed by atoms with van der Waals surface area (Å²) in [5.41, 5.74) is 2.01. The smallest absolute Gasteiger partial charge is 0.233 e. The lowest BCUT2D eigenvalue weighted by atomic mass is 9.93. The summed E-state index contributed by atoms with van der Waals surface area (Å²) in [6, 6.07) is 8.06. The summed E-state index contributed by atoms with van der Waals surface area (Å²) in [5.74, 6) is 0.221. The molecule has 0 radical (unpaired) electrons. The minimum Gasteiger partial charge on any atom is -0.461 e. The Morgan fingerprint density at radius 2 is 1.12 bits per heavy atom. The van der Waals surface area contributed by atoms with Crippen molar-refractivity contribution in [3.05, 3.63) is 35.4 Å². The van der Waals surface area contributed by atoms with Gasteiger partial charge < -0.3 is 28.4 Å². The molecule has 0 aliphatic carbocycles. The molecule has 6 heteroatoms. The Hall–Kier alpha value is -1.86. The molecule has 0 amide bonds. The highest BCUT2D eigenvalue weighted by Crippen LogP contribution is 2.56. The van der Waals surface area contributed by atoms with Crippen molar-refractivity contribution in [1.82, 2.24) is 0 Å². The standard InChI is InChI=1S/C20H20O6/c1-19(2)23-15-13-10(21-17(15)25-19)7-5-9-6-8-11-14(12(9)13)16-18(22-11)26-20(3,4)24-16/h5-8,15-18H,1-4H3/t15-,16-,17-,18-/m0/s1. The van der Waals surface area contributed by atoms with Crippen LogP contribution in [0.2, 0.25) is 0 Å². The summed E-state index contributed by atoms with van der Waals surface area (Å²) in [7, 11) is 0. The van der Waals surface area contributed by atoms with Crippen molar-refractivity contribution >= 4 is 10.8 Å². The quantitative estimate of drug-likeness (QED) is 0.713. The van der Waals surface area contributed by atoms with Gasteiger partial charge in [-0.3, -0.25) is 0 Å². The molecule has 6 rings (SSSR count). The van der Waals surface area contributed by atoms with Crippen molar-refractivity contribution in [3.63, 3.8) is 0 Å². The minimum atomic E-state index is -0.679. The molecule has 2 fully saturated rings. The summed E-state index contributed by atoms with van der Waals surface area (Å²) in [5, 5.41) is 2.15. The van der Waals surface area contributed by atoms with Gasteiger partial charge in [0.05, 0.1) is 0 Å². The fourth-order valence-corrected chi connectivity index (χ4v) is 4.48. The molecule has 0 bridgehead atoms. The second kappa shape index (κ2) is 4.51. The zero-order valence-corrected chi connectivity index (χ0v) is 15.1. The fourth-order valence-electron chi connectivity index (χ4n) is 4.48. The Labute approximate surface area is 150 Å². The van der Waals surface area contributed by atoms with E-state index in [-0.39, 0.29) is 12.2 Å². The largest absolute Gasteiger partial charge is 0.461 e. The highest BCUT2D eigenvalue weighted by atomic mass is 16.8. The van der Waals surface area contributed by atoms with Crippen molar-refractivity contribution in [2.75, 3.05) is 0 Å². The van der Waals surface area contributed by atoms with E-state index in [0.29, 0.717) is 0 Å². The average molecular weight is 356 g/mol. The van der Waals surface area contributed by atoms with Gasteiger partial charge in [-0.15, -0.1) is 0 Å². The lowest BCUT2D eigenvalue weighted by molar-refractivity contribution is -0.171. The SMILES string of the molecule is CC1(C)O[C@@H]2Oc3ccc4ccc5c(c4c3[C@@H]2O1)[C@@H]1OC(C)(C)O[C@@H]1O5. The number of fused-ring (bicyclic) bond motifs is 9. The molecule has 0 saturated carbocycles. The molecule has 0 N–H and O–H groups in total. The third kappa shape index (κ3) is 1.90. The predicted octanol–water partition coefficient (Wildman–Crippen LogP) is 3.92. The Kier molecular flexibility index (Phi) is 2.64. The summed E-state index contributed by atoms with van der Waals surface area (Å²) in [6.45, 7) is 7.61. The Bertz CT molecular complexity index is 876. The van der Waals surface area contributed by atoms with E-state index in [9.17, 15) is 0 Å². The number of hydrogen-bond acceptors (Lipinski definition) is 6. The van der Waals surface area contributed by atoms with E-state index in [4.69, 9.17) is 28.4 Å². The van der Waals surface area contributed by atoms with Crippen LogP contribution < -0.4 is 9.47 Å². The summed E-state index contributed by atoms with van der Waals surface area (Å²) < 4.78 is 36.2. The summed E-state index contributed by atoms with van der Waals surface area (Å²) >= 11 is 0. The van der Waals surface area contributed by atoms with E-state index in [2.05, 4.69) is 12.1 Å². The van der Waals surface area contributed by atoms with Crippen LogP contribution in [0.5, 0.6) is 11.5 Å². The van der Waals surface area contributed by atoms with Gasteiger partial charge in [-0.1, -0.05) is 12.1 Å². The van der Waals surface area contributed by atoms with Crippen LogP contribution >= 0.6 is 0 Å². The zero-order chi connectivity index (χ0) is 17.8. The van der Waals surface area contributed by atoms with Crippen LogP contribution in [0.4, 0.5) is 0 Å². The number of ether oxygens (including phenoxy) is 6. The van der Waals surface area contributed by atoms with Gasteiger partial charge in [0.2, 0.25) is 12.6 Å². The molecular formula is C20H20O6. The molecule has 4 atom stereocenters. The van der Waals surface area contributed by atoms with Gasteiger partial charge in [-0.25, -0.2) is 0 Å². The highest BCUT2D eigenvalue weighted by Gasteiger charge is 2.53. The van der Waals surface area contributed by atoms with E-state index in [1.807, 2.05) is 39.8 Å². The van der Waals surface area contributed by atoms with Crippen molar-refractivity contribution in [2.45, 2.75) is 64.1 Å². The first-order valence-electron chi connectivity index (χ1n) is 8.95. The third-order valence-corrected chi connectivity index (χ3v) is 5.36. The highest BCUT2D eigenvalue weighted by molar-refractivity contribution is 5.94. The Morgan fingerprint density at radius 1 is 0.654 bits per heavy atom. The topological polar surface area (TPSA) is 55.4 Å². The number of hydrogen-bond donors (Lipinski definition) is 0. The normalized spacial score (nSPS) is 34.8. The maximum atomic E-state index is 6.16. The van der Waals surface area contributed by atoms with Crippen molar-refractivity contribution in [2.24, 2.45) is 0 Å². The van der Waals surface area contributed by atoms with Crippen LogP contribution in [0.1, 0.15) is 51.0 Å². The summed E-state index contributed by atoms with van der Waals surface area (Å²) in [4.78, 5) is 0. The maximum absolute atomic E-state index is 6.16.